The average Bonchev–Trinajstić information content (AvgIpc) is 3.00. The molecule has 0 radical (unpaired) electrons. The molecule has 0 amide bonds. The zero-order chi connectivity index (χ0) is 14.7. The molecule has 1 unspecified atom stereocenters. The summed E-state index contributed by atoms with van der Waals surface area (Å²) in [6.45, 7) is 4.42. The number of nitrogens with one attached hydrogen (secondary N) is 1. The maximum Gasteiger partial charge on any atom is 0.137 e. The Morgan fingerprint density at radius 1 is 1.19 bits per heavy atom. The van der Waals surface area contributed by atoms with Gasteiger partial charge in [-0.25, -0.2) is 0 Å². The molecule has 0 aliphatic carbocycles. The van der Waals surface area contributed by atoms with Gasteiger partial charge in [0.25, 0.3) is 0 Å². The molecule has 1 aliphatic heterocycles. The van der Waals surface area contributed by atoms with Crippen molar-refractivity contribution in [1.82, 2.24) is 10.3 Å². The van der Waals surface area contributed by atoms with Gasteiger partial charge in [-0.05, 0) is 34.9 Å². The van der Waals surface area contributed by atoms with Crippen molar-refractivity contribution in [2.45, 2.75) is 26.2 Å². The highest BCUT2D eigenvalue weighted by Gasteiger charge is 2.18. The van der Waals surface area contributed by atoms with Gasteiger partial charge in [0.05, 0.1) is 32.6 Å². The van der Waals surface area contributed by atoms with Crippen LogP contribution in [0.1, 0.15) is 35.2 Å². The summed E-state index contributed by atoms with van der Waals surface area (Å²) in [5, 5.41) is 3.52. The van der Waals surface area contributed by atoms with E-state index in [0.717, 1.165) is 24.5 Å². The molecule has 4 heteroatoms. The summed E-state index contributed by atoms with van der Waals surface area (Å²) in [5.74, 6) is 0.778. The normalized spacial score (nSPS) is 14.8. The fourth-order valence-electron chi connectivity index (χ4n) is 2.71. The quantitative estimate of drug-likeness (QED) is 0.917. The molecule has 2 heterocycles. The Balaban J connectivity index is 1.97. The smallest absolute Gasteiger partial charge is 0.137 e. The van der Waals surface area contributed by atoms with Gasteiger partial charge in [0.15, 0.2) is 0 Å². The van der Waals surface area contributed by atoms with Crippen LogP contribution in [-0.4, -0.2) is 18.6 Å². The van der Waals surface area contributed by atoms with Gasteiger partial charge in [-0.3, -0.25) is 4.98 Å². The Morgan fingerprint density at radius 3 is 2.86 bits per heavy atom. The van der Waals surface area contributed by atoms with Crippen LogP contribution in [0, 0.1) is 0 Å². The highest BCUT2D eigenvalue weighted by molar-refractivity contribution is 5.39. The van der Waals surface area contributed by atoms with E-state index in [1.54, 1.807) is 13.3 Å². The molecule has 0 spiro atoms. The summed E-state index contributed by atoms with van der Waals surface area (Å²) < 4.78 is 10.8. The minimum atomic E-state index is 0.114. The first-order valence-corrected chi connectivity index (χ1v) is 7.23. The lowest BCUT2D eigenvalue weighted by Crippen LogP contribution is -2.22. The van der Waals surface area contributed by atoms with Gasteiger partial charge in [-0.2, -0.15) is 0 Å². The monoisotopic (exact) mass is 284 g/mol. The van der Waals surface area contributed by atoms with E-state index < -0.39 is 0 Å². The molecule has 1 N–H and O–H groups in total. The lowest BCUT2D eigenvalue weighted by atomic mass is 9.96. The van der Waals surface area contributed by atoms with Crippen LogP contribution in [0.4, 0.5) is 0 Å². The van der Waals surface area contributed by atoms with Gasteiger partial charge < -0.3 is 14.8 Å². The van der Waals surface area contributed by atoms with Gasteiger partial charge in [-0.15, -0.1) is 0 Å². The van der Waals surface area contributed by atoms with Crippen molar-refractivity contribution in [1.29, 1.82) is 0 Å². The summed E-state index contributed by atoms with van der Waals surface area (Å²) in [6.07, 6.45) is 3.61. The summed E-state index contributed by atoms with van der Waals surface area (Å²) in [7, 11) is 1.66. The van der Waals surface area contributed by atoms with Crippen molar-refractivity contribution in [3.63, 3.8) is 0 Å². The number of hydrogen-bond donors (Lipinski definition) is 1. The predicted octanol–water partition coefficient (Wildman–Crippen LogP) is 2.82. The number of fused-ring (bicyclic) bond motifs is 1. The molecule has 1 atom stereocenters. The molecule has 110 valence electrons. The Morgan fingerprint density at radius 2 is 2.05 bits per heavy atom. The first-order chi connectivity index (χ1) is 10.3. The molecule has 3 rings (SSSR count). The van der Waals surface area contributed by atoms with E-state index in [1.807, 2.05) is 12.3 Å². The van der Waals surface area contributed by atoms with Crippen molar-refractivity contribution >= 4 is 0 Å². The van der Waals surface area contributed by atoms with Crippen molar-refractivity contribution in [2.75, 3.05) is 13.7 Å². The van der Waals surface area contributed by atoms with Crippen molar-refractivity contribution < 1.29 is 9.47 Å². The van der Waals surface area contributed by atoms with Crippen LogP contribution in [0.5, 0.6) is 5.75 Å². The van der Waals surface area contributed by atoms with Crippen LogP contribution in [0.15, 0.2) is 36.7 Å². The van der Waals surface area contributed by atoms with Gasteiger partial charge in [-0.1, -0.05) is 25.1 Å². The van der Waals surface area contributed by atoms with Crippen LogP contribution >= 0.6 is 0 Å². The molecule has 1 aromatic heterocycles. The standard InChI is InChI=1S/C17H20N2O2/c1-3-19-17(14-7-16(20-2)9-18-8-14)12-4-5-13-10-21-11-15(13)6-12/h4-9,17,19H,3,10-11H2,1-2H3. The van der Waals surface area contributed by atoms with Crippen molar-refractivity contribution in [3.05, 3.63) is 58.9 Å². The Kier molecular flexibility index (Phi) is 4.18. The lowest BCUT2D eigenvalue weighted by Gasteiger charge is -2.20. The molecular weight excluding hydrogens is 264 g/mol. The second-order valence-electron chi connectivity index (χ2n) is 5.17. The molecule has 0 bridgehead atoms. The summed E-state index contributed by atoms with van der Waals surface area (Å²) >= 11 is 0. The predicted molar refractivity (Wildman–Crippen MR) is 81.2 cm³/mol. The van der Waals surface area contributed by atoms with Crippen LogP contribution in [0.3, 0.4) is 0 Å². The minimum absolute atomic E-state index is 0.114. The third-order valence-corrected chi connectivity index (χ3v) is 3.79. The number of rotatable bonds is 5. The second kappa shape index (κ2) is 6.24. The molecule has 1 aromatic carbocycles. The summed E-state index contributed by atoms with van der Waals surface area (Å²) in [6, 6.07) is 8.71. The molecular formula is C17H20N2O2. The van der Waals surface area contributed by atoms with Crippen LogP contribution in [0.25, 0.3) is 0 Å². The number of benzene rings is 1. The average molecular weight is 284 g/mol. The Labute approximate surface area is 125 Å². The van der Waals surface area contributed by atoms with E-state index >= 15 is 0 Å². The minimum Gasteiger partial charge on any atom is -0.495 e. The number of methoxy groups -OCH3 is 1. The highest BCUT2D eigenvalue weighted by atomic mass is 16.5. The molecule has 0 fully saturated rings. The number of ether oxygens (including phenoxy) is 2. The Bertz CT molecular complexity index is 628. The maximum atomic E-state index is 5.50. The SMILES string of the molecule is CCNC(c1cncc(OC)c1)c1ccc2c(c1)COC2. The van der Waals surface area contributed by atoms with Crippen LogP contribution in [0.2, 0.25) is 0 Å². The fourth-order valence-corrected chi connectivity index (χ4v) is 2.71. The zero-order valence-corrected chi connectivity index (χ0v) is 12.4. The molecule has 2 aromatic rings. The number of aromatic nitrogens is 1. The van der Waals surface area contributed by atoms with Gasteiger partial charge in [0.2, 0.25) is 0 Å². The van der Waals surface area contributed by atoms with E-state index in [2.05, 4.69) is 35.4 Å². The third-order valence-electron chi connectivity index (χ3n) is 3.79. The fraction of sp³-hybridized carbons (Fsp3) is 0.353. The second-order valence-corrected chi connectivity index (χ2v) is 5.17. The van der Waals surface area contributed by atoms with Gasteiger partial charge in [0.1, 0.15) is 5.75 Å². The van der Waals surface area contributed by atoms with E-state index in [0.29, 0.717) is 6.61 Å². The lowest BCUT2D eigenvalue weighted by molar-refractivity contribution is 0.134. The molecule has 1 aliphatic rings. The molecule has 21 heavy (non-hydrogen) atoms. The first kappa shape index (κ1) is 14.0. The first-order valence-electron chi connectivity index (χ1n) is 7.23. The molecule has 0 saturated heterocycles. The number of nitrogens with zero attached hydrogens (tertiary/aromatic N) is 1. The van der Waals surface area contributed by atoms with Gasteiger partial charge in [0, 0.05) is 6.20 Å². The van der Waals surface area contributed by atoms with E-state index in [-0.39, 0.29) is 6.04 Å². The van der Waals surface area contributed by atoms with Gasteiger partial charge >= 0.3 is 0 Å². The molecule has 0 saturated carbocycles. The summed E-state index contributed by atoms with van der Waals surface area (Å²) in [5.41, 5.74) is 4.91. The van der Waals surface area contributed by atoms with E-state index in [9.17, 15) is 0 Å². The van der Waals surface area contributed by atoms with Crippen LogP contribution < -0.4 is 10.1 Å². The van der Waals surface area contributed by atoms with Crippen molar-refractivity contribution in [3.8, 4) is 5.75 Å². The number of hydrogen-bond acceptors (Lipinski definition) is 4. The largest absolute Gasteiger partial charge is 0.495 e. The zero-order valence-electron chi connectivity index (χ0n) is 12.4. The third kappa shape index (κ3) is 2.91. The Hall–Kier alpha value is -1.91. The molecule has 4 nitrogen and oxygen atoms in total. The van der Waals surface area contributed by atoms with Crippen molar-refractivity contribution in [2.24, 2.45) is 0 Å². The maximum absolute atomic E-state index is 5.50. The number of pyridine rings is 1. The summed E-state index contributed by atoms with van der Waals surface area (Å²) in [4.78, 5) is 4.27. The van der Waals surface area contributed by atoms with Crippen LogP contribution in [-0.2, 0) is 18.0 Å². The van der Waals surface area contributed by atoms with E-state index in [4.69, 9.17) is 9.47 Å². The van der Waals surface area contributed by atoms with E-state index in [1.165, 1.54) is 16.7 Å². The highest BCUT2D eigenvalue weighted by Crippen LogP contribution is 2.28. The topological polar surface area (TPSA) is 43.4 Å².